The maximum absolute atomic E-state index is 13.7. The van der Waals surface area contributed by atoms with E-state index >= 15 is 0 Å². The van der Waals surface area contributed by atoms with Crippen molar-refractivity contribution in [2.45, 2.75) is 83.6 Å². The average molecular weight is 484 g/mol. The molecule has 4 rings (SSSR count). The number of fused-ring (bicyclic) bond motifs is 1. The van der Waals surface area contributed by atoms with Gasteiger partial charge in [0.15, 0.2) is 0 Å². The lowest BCUT2D eigenvalue weighted by Crippen LogP contribution is -2.54. The number of aromatic nitrogens is 1. The van der Waals surface area contributed by atoms with Crippen molar-refractivity contribution >= 4 is 5.91 Å². The van der Waals surface area contributed by atoms with Gasteiger partial charge in [-0.15, -0.1) is 0 Å². The Kier molecular flexibility index (Phi) is 7.77. The van der Waals surface area contributed by atoms with Gasteiger partial charge in [0.1, 0.15) is 11.4 Å². The van der Waals surface area contributed by atoms with E-state index in [9.17, 15) is 14.3 Å². The molecule has 2 aliphatic rings. The summed E-state index contributed by atoms with van der Waals surface area (Å²) in [5.41, 5.74) is 2.72. The van der Waals surface area contributed by atoms with E-state index in [2.05, 4.69) is 42.5 Å². The molecule has 0 saturated heterocycles. The Labute approximate surface area is 207 Å². The van der Waals surface area contributed by atoms with E-state index in [0.29, 0.717) is 24.1 Å². The number of benzene rings is 1. The molecule has 3 atom stereocenters. The number of carbonyl (C=O) groups excluding carboxylic acids is 1. The van der Waals surface area contributed by atoms with Gasteiger partial charge in [0.05, 0.1) is 12.1 Å². The highest BCUT2D eigenvalue weighted by Crippen LogP contribution is 2.50. The van der Waals surface area contributed by atoms with E-state index in [0.717, 1.165) is 36.8 Å². The Morgan fingerprint density at radius 2 is 2.00 bits per heavy atom. The summed E-state index contributed by atoms with van der Waals surface area (Å²) in [5.74, 6) is 1.26. The summed E-state index contributed by atoms with van der Waals surface area (Å²) in [7, 11) is 0. The van der Waals surface area contributed by atoms with Crippen molar-refractivity contribution in [3.63, 3.8) is 0 Å². The monoisotopic (exact) mass is 483 g/mol. The lowest BCUT2D eigenvalue weighted by molar-refractivity contribution is -0.120. The number of halogens is 1. The minimum Gasteiger partial charge on any atom is -0.471 e. The van der Waals surface area contributed by atoms with Crippen LogP contribution in [-0.4, -0.2) is 40.3 Å². The standard InChI is InChI=1S/C28H38FN3O3/c1-17(2)8-21-10-23-25(14-28(12-18(3)13-28)35-27(23)31-15-21)30-16-26(34)24(32-19(4)33)11-20-6-5-7-22(29)9-20/h5-7,9-10,15,17-18,24-26,30,34H,8,11-14,16H2,1-4H3,(H,32,33)/t18?,24-,25-,26+,28?/m0/s1. The van der Waals surface area contributed by atoms with Crippen LogP contribution >= 0.6 is 0 Å². The fourth-order valence-electron chi connectivity index (χ4n) is 5.67. The van der Waals surface area contributed by atoms with Crippen LogP contribution in [0.1, 0.15) is 69.7 Å². The number of aliphatic hydroxyl groups is 1. The SMILES string of the molecule is CC(=O)N[C@@H](Cc1cccc(F)c1)[C@H](O)CN[C@H]1CC2(CC(C)C2)Oc2ncc(CC(C)C)cc21. The highest BCUT2D eigenvalue weighted by molar-refractivity contribution is 5.73. The fourth-order valence-corrected chi connectivity index (χ4v) is 5.67. The fraction of sp³-hybridized carbons (Fsp3) is 0.571. The first kappa shape index (κ1) is 25.6. The van der Waals surface area contributed by atoms with Crippen molar-refractivity contribution in [2.24, 2.45) is 11.8 Å². The Balaban J connectivity index is 1.50. The van der Waals surface area contributed by atoms with E-state index in [4.69, 9.17) is 4.74 Å². The Morgan fingerprint density at radius 3 is 2.66 bits per heavy atom. The summed E-state index contributed by atoms with van der Waals surface area (Å²) in [4.78, 5) is 16.5. The maximum atomic E-state index is 13.7. The number of amides is 1. The zero-order valence-corrected chi connectivity index (χ0v) is 21.2. The molecule has 1 amide bonds. The number of pyridine rings is 1. The summed E-state index contributed by atoms with van der Waals surface area (Å²) in [6.07, 6.45) is 5.16. The van der Waals surface area contributed by atoms with Crippen LogP contribution in [0.4, 0.5) is 4.39 Å². The highest BCUT2D eigenvalue weighted by Gasteiger charge is 2.49. The molecule has 1 aromatic carbocycles. The molecule has 1 spiro atoms. The van der Waals surface area contributed by atoms with Gasteiger partial charge >= 0.3 is 0 Å². The lowest BCUT2D eigenvalue weighted by atomic mass is 9.67. The van der Waals surface area contributed by atoms with Gasteiger partial charge < -0.3 is 20.5 Å². The molecule has 7 heteroatoms. The molecule has 3 N–H and O–H groups in total. The smallest absolute Gasteiger partial charge is 0.218 e. The number of aliphatic hydroxyl groups excluding tert-OH is 1. The first-order valence-electron chi connectivity index (χ1n) is 12.7. The molecule has 1 saturated carbocycles. The predicted octanol–water partition coefficient (Wildman–Crippen LogP) is 4.11. The summed E-state index contributed by atoms with van der Waals surface area (Å²) in [6, 6.07) is 7.90. The van der Waals surface area contributed by atoms with Crippen molar-refractivity contribution in [1.82, 2.24) is 15.6 Å². The molecule has 1 fully saturated rings. The van der Waals surface area contributed by atoms with E-state index in [1.54, 1.807) is 12.1 Å². The number of hydrogen-bond donors (Lipinski definition) is 3. The van der Waals surface area contributed by atoms with Gasteiger partial charge in [0.2, 0.25) is 11.8 Å². The van der Waals surface area contributed by atoms with E-state index < -0.39 is 12.1 Å². The number of nitrogens with zero attached hydrogens (tertiary/aromatic N) is 1. The van der Waals surface area contributed by atoms with Crippen molar-refractivity contribution < 1.29 is 19.0 Å². The number of rotatable bonds is 9. The molecule has 0 radical (unpaired) electrons. The topological polar surface area (TPSA) is 83.5 Å². The Morgan fingerprint density at radius 1 is 1.23 bits per heavy atom. The van der Waals surface area contributed by atoms with Crippen LogP contribution in [0.15, 0.2) is 36.5 Å². The summed E-state index contributed by atoms with van der Waals surface area (Å²) < 4.78 is 20.1. The number of ether oxygens (including phenoxy) is 1. The van der Waals surface area contributed by atoms with Gasteiger partial charge in [-0.1, -0.05) is 32.9 Å². The van der Waals surface area contributed by atoms with Crippen LogP contribution in [0.2, 0.25) is 0 Å². The normalized spacial score (nSPS) is 24.9. The first-order valence-corrected chi connectivity index (χ1v) is 12.7. The van der Waals surface area contributed by atoms with Gasteiger partial charge in [-0.25, -0.2) is 9.37 Å². The van der Waals surface area contributed by atoms with Gasteiger partial charge in [0, 0.05) is 37.7 Å². The zero-order chi connectivity index (χ0) is 25.2. The molecule has 0 bridgehead atoms. The molecule has 1 aliphatic carbocycles. The van der Waals surface area contributed by atoms with Gasteiger partial charge in [-0.2, -0.15) is 0 Å². The Hall–Kier alpha value is -2.51. The summed E-state index contributed by atoms with van der Waals surface area (Å²) >= 11 is 0. The van der Waals surface area contributed by atoms with E-state index in [-0.39, 0.29) is 29.9 Å². The molecule has 1 aliphatic heterocycles. The largest absolute Gasteiger partial charge is 0.471 e. The van der Waals surface area contributed by atoms with Crippen LogP contribution < -0.4 is 15.4 Å². The lowest BCUT2D eigenvalue weighted by Gasteiger charge is -2.50. The number of nitrogens with one attached hydrogen (secondary N) is 2. The summed E-state index contributed by atoms with van der Waals surface area (Å²) in [6.45, 7) is 8.32. The average Bonchev–Trinajstić information content (AvgIpc) is 2.75. The maximum Gasteiger partial charge on any atom is 0.218 e. The van der Waals surface area contributed by atoms with Crippen LogP contribution in [0.5, 0.6) is 5.88 Å². The second-order valence-corrected chi connectivity index (χ2v) is 11.0. The van der Waals surface area contributed by atoms with Crippen LogP contribution in [0.3, 0.4) is 0 Å². The van der Waals surface area contributed by atoms with Crippen LogP contribution in [0.25, 0.3) is 0 Å². The number of carbonyl (C=O) groups is 1. The minimum atomic E-state index is -0.850. The second-order valence-electron chi connectivity index (χ2n) is 11.0. The molecule has 1 aromatic heterocycles. The molecule has 2 aromatic rings. The quantitative estimate of drug-likeness (QED) is 0.500. The second kappa shape index (κ2) is 10.6. The zero-order valence-electron chi connectivity index (χ0n) is 21.2. The van der Waals surface area contributed by atoms with Gasteiger partial charge in [-0.3, -0.25) is 4.79 Å². The van der Waals surface area contributed by atoms with Crippen molar-refractivity contribution in [2.75, 3.05) is 6.54 Å². The molecule has 2 heterocycles. The van der Waals surface area contributed by atoms with Crippen LogP contribution in [-0.2, 0) is 17.6 Å². The van der Waals surface area contributed by atoms with Crippen molar-refractivity contribution in [1.29, 1.82) is 0 Å². The van der Waals surface area contributed by atoms with Crippen LogP contribution in [0, 0.1) is 17.7 Å². The third kappa shape index (κ3) is 6.39. The number of hydrogen-bond acceptors (Lipinski definition) is 5. The molecular formula is C28H38FN3O3. The molecule has 0 unspecified atom stereocenters. The van der Waals surface area contributed by atoms with E-state index in [1.165, 1.54) is 24.6 Å². The molecule has 35 heavy (non-hydrogen) atoms. The third-order valence-corrected chi connectivity index (χ3v) is 7.06. The van der Waals surface area contributed by atoms with Gasteiger partial charge in [-0.05, 0) is 66.8 Å². The predicted molar refractivity (Wildman–Crippen MR) is 134 cm³/mol. The highest BCUT2D eigenvalue weighted by atomic mass is 19.1. The minimum absolute atomic E-state index is 0.00680. The summed E-state index contributed by atoms with van der Waals surface area (Å²) in [5, 5.41) is 17.5. The van der Waals surface area contributed by atoms with Gasteiger partial charge in [0.25, 0.3) is 0 Å². The van der Waals surface area contributed by atoms with E-state index in [1.807, 2.05) is 6.20 Å². The first-order chi connectivity index (χ1) is 16.6. The Bertz CT molecular complexity index is 1040. The molecule has 6 nitrogen and oxygen atoms in total. The molecule has 190 valence electrons. The third-order valence-electron chi connectivity index (χ3n) is 7.06. The van der Waals surface area contributed by atoms with Crippen molar-refractivity contribution in [3.8, 4) is 5.88 Å². The molecular weight excluding hydrogens is 445 g/mol. The van der Waals surface area contributed by atoms with Crippen molar-refractivity contribution in [3.05, 3.63) is 59.0 Å².